The highest BCUT2D eigenvalue weighted by atomic mass is 16.2. The van der Waals surface area contributed by atoms with E-state index in [2.05, 4.69) is 0 Å². The van der Waals surface area contributed by atoms with Crippen molar-refractivity contribution in [2.45, 2.75) is 0 Å². The number of amides is 2. The molecule has 1 radical (unpaired) electrons. The van der Waals surface area contributed by atoms with Crippen LogP contribution in [0.2, 0.25) is 0 Å². The van der Waals surface area contributed by atoms with Crippen LogP contribution in [0.5, 0.6) is 0 Å². The van der Waals surface area contributed by atoms with Crippen molar-refractivity contribution in [3.63, 3.8) is 0 Å². The smallest absolute Gasteiger partial charge is 0.284 e. The van der Waals surface area contributed by atoms with Crippen molar-refractivity contribution < 1.29 is 9.59 Å². The fourth-order valence-corrected chi connectivity index (χ4v) is 1.54. The van der Waals surface area contributed by atoms with E-state index in [-0.39, 0.29) is 0 Å². The van der Waals surface area contributed by atoms with E-state index in [9.17, 15) is 9.59 Å². The fraction of sp³-hybridized carbons (Fsp3) is 0. The SMILES string of the molecule is O=[C]NC(=O)c1cccc2ccccc12. The second-order valence-corrected chi connectivity index (χ2v) is 3.08. The molecule has 73 valence electrons. The number of nitrogens with one attached hydrogen (secondary N) is 1. The van der Waals surface area contributed by atoms with Crippen molar-refractivity contribution in [3.8, 4) is 0 Å². The molecule has 0 unspecified atom stereocenters. The first-order valence-corrected chi connectivity index (χ1v) is 4.48. The second kappa shape index (κ2) is 3.92. The lowest BCUT2D eigenvalue weighted by atomic mass is 10.0. The Morgan fingerprint density at radius 1 is 1.07 bits per heavy atom. The average Bonchev–Trinajstić information content (AvgIpc) is 2.28. The lowest BCUT2D eigenvalue weighted by molar-refractivity contribution is 0.0978. The van der Waals surface area contributed by atoms with E-state index < -0.39 is 5.91 Å². The molecule has 0 atom stereocenters. The van der Waals surface area contributed by atoms with Crippen molar-refractivity contribution in [1.82, 2.24) is 5.32 Å². The molecule has 3 nitrogen and oxygen atoms in total. The summed E-state index contributed by atoms with van der Waals surface area (Å²) >= 11 is 0. The van der Waals surface area contributed by atoms with Crippen molar-refractivity contribution in [2.24, 2.45) is 0 Å². The summed E-state index contributed by atoms with van der Waals surface area (Å²) in [6.07, 6.45) is 1.38. The summed E-state index contributed by atoms with van der Waals surface area (Å²) in [7, 11) is 0. The predicted molar refractivity (Wildman–Crippen MR) is 57.1 cm³/mol. The molecule has 3 heteroatoms. The van der Waals surface area contributed by atoms with Gasteiger partial charge >= 0.3 is 6.41 Å². The van der Waals surface area contributed by atoms with Crippen LogP contribution in [0.3, 0.4) is 0 Å². The maximum absolute atomic E-state index is 11.5. The Morgan fingerprint density at radius 2 is 1.80 bits per heavy atom. The van der Waals surface area contributed by atoms with E-state index in [1.54, 1.807) is 12.1 Å². The third-order valence-corrected chi connectivity index (χ3v) is 2.20. The summed E-state index contributed by atoms with van der Waals surface area (Å²) < 4.78 is 0. The van der Waals surface area contributed by atoms with Gasteiger partial charge in [-0.15, -0.1) is 0 Å². The van der Waals surface area contributed by atoms with Crippen LogP contribution in [-0.2, 0) is 4.79 Å². The highest BCUT2D eigenvalue weighted by molar-refractivity contribution is 6.09. The zero-order chi connectivity index (χ0) is 10.7. The Balaban J connectivity index is 2.60. The van der Waals surface area contributed by atoms with Gasteiger partial charge in [0.15, 0.2) is 0 Å². The van der Waals surface area contributed by atoms with Gasteiger partial charge in [0.1, 0.15) is 0 Å². The second-order valence-electron chi connectivity index (χ2n) is 3.08. The fourth-order valence-electron chi connectivity index (χ4n) is 1.54. The number of rotatable bonds is 2. The summed E-state index contributed by atoms with van der Waals surface area (Å²) in [6.45, 7) is 0. The standard InChI is InChI=1S/C12H8NO2/c14-8-13-12(15)11-7-3-5-9-4-1-2-6-10(9)11/h1-7H,(H,13,14,15). The number of carbonyl (C=O) groups excluding carboxylic acids is 2. The number of imide groups is 1. The van der Waals surface area contributed by atoms with Gasteiger partial charge in [-0.2, -0.15) is 0 Å². The molecular weight excluding hydrogens is 190 g/mol. The molecule has 0 aliphatic heterocycles. The molecule has 0 spiro atoms. The van der Waals surface area contributed by atoms with Crippen LogP contribution in [0, 0.1) is 0 Å². The summed E-state index contributed by atoms with van der Waals surface area (Å²) in [4.78, 5) is 21.6. The molecule has 2 aromatic carbocycles. The molecule has 2 amide bonds. The molecule has 0 bridgehead atoms. The van der Waals surface area contributed by atoms with Gasteiger partial charge in [-0.3, -0.25) is 14.9 Å². The van der Waals surface area contributed by atoms with Crippen molar-refractivity contribution in [1.29, 1.82) is 0 Å². The predicted octanol–water partition coefficient (Wildman–Crippen LogP) is 1.64. The van der Waals surface area contributed by atoms with Crippen molar-refractivity contribution in [2.75, 3.05) is 0 Å². The molecule has 0 aliphatic carbocycles. The third kappa shape index (κ3) is 1.72. The Hall–Kier alpha value is -2.16. The van der Waals surface area contributed by atoms with Gasteiger partial charge in [0, 0.05) is 5.56 Å². The lowest BCUT2D eigenvalue weighted by Gasteiger charge is -2.03. The average molecular weight is 198 g/mol. The molecule has 0 saturated heterocycles. The van der Waals surface area contributed by atoms with E-state index >= 15 is 0 Å². The molecule has 0 saturated carbocycles. The third-order valence-electron chi connectivity index (χ3n) is 2.20. The zero-order valence-electron chi connectivity index (χ0n) is 7.86. The number of carbonyl (C=O) groups is 1. The summed E-state index contributed by atoms with van der Waals surface area (Å²) in [5.41, 5.74) is 0.483. The van der Waals surface area contributed by atoms with Crippen LogP contribution < -0.4 is 5.32 Å². The summed E-state index contributed by atoms with van der Waals surface area (Å²) in [6, 6.07) is 12.9. The van der Waals surface area contributed by atoms with Gasteiger partial charge < -0.3 is 0 Å². The van der Waals surface area contributed by atoms with Crippen molar-refractivity contribution in [3.05, 3.63) is 48.0 Å². The Bertz CT molecular complexity index is 515. The van der Waals surface area contributed by atoms with E-state index in [1.165, 1.54) is 6.41 Å². The van der Waals surface area contributed by atoms with Crippen LogP contribution in [0.4, 0.5) is 0 Å². The molecule has 0 heterocycles. The minimum atomic E-state index is -0.429. The van der Waals surface area contributed by atoms with Crippen LogP contribution in [0.1, 0.15) is 10.4 Å². The van der Waals surface area contributed by atoms with E-state index in [0.717, 1.165) is 10.8 Å². The van der Waals surface area contributed by atoms with Gasteiger partial charge in [-0.25, -0.2) is 0 Å². The molecule has 1 N–H and O–H groups in total. The number of hydrogen-bond acceptors (Lipinski definition) is 2. The van der Waals surface area contributed by atoms with Crippen LogP contribution in [0.15, 0.2) is 42.5 Å². The molecule has 15 heavy (non-hydrogen) atoms. The first kappa shape index (κ1) is 9.40. The topological polar surface area (TPSA) is 46.2 Å². The number of benzene rings is 2. The largest absolute Gasteiger partial charge is 0.316 e. The number of fused-ring (bicyclic) bond motifs is 1. The molecule has 0 aromatic heterocycles. The quantitative estimate of drug-likeness (QED) is 0.745. The van der Waals surface area contributed by atoms with Crippen LogP contribution >= 0.6 is 0 Å². The van der Waals surface area contributed by atoms with E-state index in [1.807, 2.05) is 35.6 Å². The first-order chi connectivity index (χ1) is 7.33. The molecule has 0 fully saturated rings. The maximum Gasteiger partial charge on any atom is 0.316 e. The molecule has 2 rings (SSSR count). The Kier molecular flexibility index (Phi) is 2.46. The minimum Gasteiger partial charge on any atom is -0.284 e. The monoisotopic (exact) mass is 198 g/mol. The summed E-state index contributed by atoms with van der Waals surface area (Å²) in [5.74, 6) is -0.429. The first-order valence-electron chi connectivity index (χ1n) is 4.48. The van der Waals surface area contributed by atoms with Gasteiger partial charge in [-0.05, 0) is 16.8 Å². The van der Waals surface area contributed by atoms with Crippen molar-refractivity contribution >= 4 is 23.1 Å². The highest BCUT2D eigenvalue weighted by Gasteiger charge is 2.08. The highest BCUT2D eigenvalue weighted by Crippen LogP contribution is 2.17. The molecule has 0 aliphatic rings. The minimum absolute atomic E-state index is 0.429. The van der Waals surface area contributed by atoms with Gasteiger partial charge in [0.05, 0.1) is 0 Å². The Labute approximate surface area is 86.7 Å². The van der Waals surface area contributed by atoms with Gasteiger partial charge in [-0.1, -0.05) is 36.4 Å². The Morgan fingerprint density at radius 3 is 2.60 bits per heavy atom. The zero-order valence-corrected chi connectivity index (χ0v) is 7.86. The van der Waals surface area contributed by atoms with E-state index in [4.69, 9.17) is 0 Å². The van der Waals surface area contributed by atoms with Crippen LogP contribution in [-0.4, -0.2) is 12.3 Å². The van der Waals surface area contributed by atoms with Gasteiger partial charge in [0.2, 0.25) is 0 Å². The normalized spacial score (nSPS) is 9.87. The lowest BCUT2D eigenvalue weighted by Crippen LogP contribution is -2.21. The van der Waals surface area contributed by atoms with E-state index in [0.29, 0.717) is 5.56 Å². The van der Waals surface area contributed by atoms with Crippen LogP contribution in [0.25, 0.3) is 10.8 Å². The van der Waals surface area contributed by atoms with Gasteiger partial charge in [0.25, 0.3) is 5.91 Å². The summed E-state index contributed by atoms with van der Waals surface area (Å²) in [5, 5.41) is 3.80. The maximum atomic E-state index is 11.5. The molecule has 2 aromatic rings. The number of hydrogen-bond donors (Lipinski definition) is 1. The molecular formula is C12H8NO2.